The standard InChI is InChI=1S/C38H66O8/c1-15-30-29(39)17-21(3)32(40)22(4)18-38(13,14)34(46-36-24(6)20(2)16-23(5)42-36)25(7)33(26(8)35(41)44-30)45-31-19-37(11,12)27(9)28(10)43-31/h17,20,22-31,33-34,36,39H,15-16,18-19H2,1-14H3/t20-,22+,23+,24+,25-,26+,27-,28-,29-,30+,31?,33-,34+,36?/m0/s1. The highest BCUT2D eigenvalue weighted by Crippen LogP contribution is 2.45. The molecular weight excluding hydrogens is 584 g/mol. The molecule has 46 heavy (non-hydrogen) atoms. The van der Waals surface area contributed by atoms with Gasteiger partial charge in [-0.25, -0.2) is 0 Å². The molecule has 0 aromatic heterocycles. The maximum atomic E-state index is 13.9. The van der Waals surface area contributed by atoms with Crippen molar-refractivity contribution in [1.82, 2.24) is 0 Å². The van der Waals surface area contributed by atoms with Crippen molar-refractivity contribution in [3.05, 3.63) is 11.6 Å². The number of allylic oxidation sites excluding steroid dienone is 1. The lowest BCUT2D eigenvalue weighted by Crippen LogP contribution is -2.53. The summed E-state index contributed by atoms with van der Waals surface area (Å²) in [5, 5.41) is 11.1. The average molecular weight is 651 g/mol. The van der Waals surface area contributed by atoms with Gasteiger partial charge in [0.25, 0.3) is 0 Å². The Bertz CT molecular complexity index is 1070. The molecule has 8 heteroatoms. The first kappa shape index (κ1) is 39.1. The third-order valence-electron chi connectivity index (χ3n) is 11.8. The summed E-state index contributed by atoms with van der Waals surface area (Å²) in [6, 6.07) is 0. The van der Waals surface area contributed by atoms with Crippen LogP contribution in [-0.2, 0) is 33.3 Å². The summed E-state index contributed by atoms with van der Waals surface area (Å²) in [5.41, 5.74) is -0.0773. The van der Waals surface area contributed by atoms with Gasteiger partial charge in [0.2, 0.25) is 0 Å². The van der Waals surface area contributed by atoms with Gasteiger partial charge in [-0.05, 0) is 81.3 Å². The summed E-state index contributed by atoms with van der Waals surface area (Å²) < 4.78 is 32.8. The summed E-state index contributed by atoms with van der Waals surface area (Å²) in [4.78, 5) is 27.6. The number of esters is 1. The molecule has 3 aliphatic heterocycles. The molecule has 0 radical (unpaired) electrons. The number of aliphatic hydroxyl groups is 1. The molecule has 2 saturated heterocycles. The molecule has 2 unspecified atom stereocenters. The number of cyclic esters (lactones) is 1. The largest absolute Gasteiger partial charge is 0.459 e. The van der Waals surface area contributed by atoms with E-state index in [2.05, 4.69) is 69.2 Å². The summed E-state index contributed by atoms with van der Waals surface area (Å²) in [6.07, 6.45) is 0.252. The van der Waals surface area contributed by atoms with Crippen molar-refractivity contribution in [2.45, 2.75) is 172 Å². The average Bonchev–Trinajstić information content (AvgIpc) is 2.95. The van der Waals surface area contributed by atoms with Crippen molar-refractivity contribution in [2.24, 2.45) is 46.3 Å². The minimum Gasteiger partial charge on any atom is -0.459 e. The summed E-state index contributed by atoms with van der Waals surface area (Å²) in [6.45, 7) is 29.0. The predicted octanol–water partition coefficient (Wildman–Crippen LogP) is 7.50. The van der Waals surface area contributed by atoms with Crippen molar-refractivity contribution in [3.8, 4) is 0 Å². The molecule has 0 aromatic carbocycles. The lowest BCUT2D eigenvalue weighted by molar-refractivity contribution is -0.293. The third-order valence-corrected chi connectivity index (χ3v) is 11.8. The van der Waals surface area contributed by atoms with Crippen molar-refractivity contribution in [3.63, 3.8) is 0 Å². The Kier molecular flexibility index (Phi) is 13.2. The van der Waals surface area contributed by atoms with Gasteiger partial charge in [0.05, 0.1) is 30.3 Å². The smallest absolute Gasteiger partial charge is 0.311 e. The maximum Gasteiger partial charge on any atom is 0.311 e. The summed E-state index contributed by atoms with van der Waals surface area (Å²) >= 11 is 0. The van der Waals surface area contributed by atoms with Crippen LogP contribution in [0.1, 0.15) is 123 Å². The Hall–Kier alpha value is -1.32. The van der Waals surface area contributed by atoms with E-state index in [-0.39, 0.29) is 41.2 Å². The van der Waals surface area contributed by atoms with Gasteiger partial charge in [0.15, 0.2) is 18.4 Å². The number of hydrogen-bond donors (Lipinski definition) is 1. The number of ketones is 1. The van der Waals surface area contributed by atoms with E-state index in [1.807, 2.05) is 20.8 Å². The van der Waals surface area contributed by atoms with Crippen LogP contribution in [0.25, 0.3) is 0 Å². The van der Waals surface area contributed by atoms with Crippen LogP contribution in [0.2, 0.25) is 0 Å². The molecule has 0 amide bonds. The first-order chi connectivity index (χ1) is 21.2. The fourth-order valence-electron chi connectivity index (χ4n) is 8.13. The number of Topliss-reactive ketones (excluding diaryl/α,β-unsaturated/α-hetero) is 1. The van der Waals surface area contributed by atoms with Crippen molar-refractivity contribution in [1.29, 1.82) is 0 Å². The minimum atomic E-state index is -1.10. The quantitative estimate of drug-likeness (QED) is 0.306. The molecule has 1 N–H and O–H groups in total. The highest BCUT2D eigenvalue weighted by atomic mass is 16.7. The number of carbonyl (C=O) groups excluding carboxylic acids is 2. The second kappa shape index (κ2) is 15.5. The van der Waals surface area contributed by atoms with E-state index in [1.54, 1.807) is 6.92 Å². The highest BCUT2D eigenvalue weighted by Gasteiger charge is 2.49. The van der Waals surface area contributed by atoms with E-state index >= 15 is 0 Å². The van der Waals surface area contributed by atoms with Gasteiger partial charge in [0.1, 0.15) is 12.2 Å². The Morgan fingerprint density at radius 3 is 2.11 bits per heavy atom. The Morgan fingerprint density at radius 1 is 0.891 bits per heavy atom. The van der Waals surface area contributed by atoms with E-state index in [9.17, 15) is 14.7 Å². The molecule has 0 spiro atoms. The topological polar surface area (TPSA) is 101 Å². The molecule has 3 heterocycles. The molecule has 8 nitrogen and oxygen atoms in total. The Balaban J connectivity index is 2.12. The highest BCUT2D eigenvalue weighted by molar-refractivity contribution is 5.96. The van der Waals surface area contributed by atoms with E-state index in [0.717, 1.165) is 6.42 Å². The maximum absolute atomic E-state index is 13.9. The molecular formula is C38H66O8. The van der Waals surface area contributed by atoms with Gasteiger partial charge >= 0.3 is 5.97 Å². The van der Waals surface area contributed by atoms with Crippen LogP contribution in [0.15, 0.2) is 11.6 Å². The van der Waals surface area contributed by atoms with Crippen LogP contribution in [0.5, 0.6) is 0 Å². The number of hydrogen-bond acceptors (Lipinski definition) is 8. The van der Waals surface area contributed by atoms with E-state index in [0.29, 0.717) is 36.7 Å². The van der Waals surface area contributed by atoms with E-state index in [4.69, 9.17) is 23.7 Å². The fraction of sp³-hybridized carbons (Fsp3) is 0.895. The summed E-state index contributed by atoms with van der Waals surface area (Å²) in [5.74, 6) is -0.905. The van der Waals surface area contributed by atoms with Gasteiger partial charge in [-0.2, -0.15) is 0 Å². The van der Waals surface area contributed by atoms with Gasteiger partial charge in [0, 0.05) is 24.2 Å². The first-order valence-electron chi connectivity index (χ1n) is 17.9. The van der Waals surface area contributed by atoms with Crippen LogP contribution in [0.4, 0.5) is 0 Å². The second-order valence-corrected chi connectivity index (χ2v) is 16.6. The van der Waals surface area contributed by atoms with Gasteiger partial charge < -0.3 is 28.8 Å². The normalized spacial score (nSPS) is 44.5. The van der Waals surface area contributed by atoms with Crippen LogP contribution in [-0.4, -0.2) is 66.1 Å². The Labute approximate surface area is 279 Å². The molecule has 3 rings (SSSR count). The molecule has 14 atom stereocenters. The van der Waals surface area contributed by atoms with Crippen molar-refractivity contribution in [2.75, 3.05) is 0 Å². The second-order valence-electron chi connectivity index (χ2n) is 16.6. The van der Waals surface area contributed by atoms with Gasteiger partial charge in [-0.3, -0.25) is 9.59 Å². The van der Waals surface area contributed by atoms with Gasteiger partial charge in [-0.1, -0.05) is 69.2 Å². The van der Waals surface area contributed by atoms with Gasteiger partial charge in [-0.15, -0.1) is 0 Å². The molecule has 0 saturated carbocycles. The van der Waals surface area contributed by atoms with Crippen LogP contribution in [0, 0.1) is 46.3 Å². The van der Waals surface area contributed by atoms with Crippen LogP contribution < -0.4 is 0 Å². The molecule has 3 aliphatic rings. The summed E-state index contributed by atoms with van der Waals surface area (Å²) in [7, 11) is 0. The zero-order chi connectivity index (χ0) is 34.9. The first-order valence-corrected chi connectivity index (χ1v) is 17.9. The molecule has 0 aromatic rings. The van der Waals surface area contributed by atoms with Crippen molar-refractivity contribution < 1.29 is 38.4 Å². The lowest BCUT2D eigenvalue weighted by Gasteiger charge is -2.49. The lowest BCUT2D eigenvalue weighted by atomic mass is 9.70. The molecule has 2 fully saturated rings. The SMILES string of the molecule is CC[C@H]1OC(=O)[C@H](C)[C@@H](OC2CC(C)(C)[C@@H](C)[C@H](C)O2)[C@H](C)[C@@H](OC2O[C@H](C)C[C@H](C)[C@H]2C)C(C)(C)C[C@@H](C)C(=O)C(C)=C[C@@H]1O. The van der Waals surface area contributed by atoms with Crippen LogP contribution >= 0.6 is 0 Å². The number of aliphatic hydroxyl groups excluding tert-OH is 1. The number of carbonyl (C=O) groups is 2. The predicted molar refractivity (Wildman–Crippen MR) is 180 cm³/mol. The molecule has 0 aliphatic carbocycles. The zero-order valence-corrected chi connectivity index (χ0v) is 31.3. The van der Waals surface area contributed by atoms with E-state index < -0.39 is 54.3 Å². The van der Waals surface area contributed by atoms with E-state index in [1.165, 1.54) is 6.08 Å². The Morgan fingerprint density at radius 2 is 1.52 bits per heavy atom. The minimum absolute atomic E-state index is 0.0192. The number of rotatable bonds is 5. The van der Waals surface area contributed by atoms with Crippen LogP contribution in [0.3, 0.4) is 0 Å². The number of ether oxygens (including phenoxy) is 5. The molecule has 0 bridgehead atoms. The fourth-order valence-corrected chi connectivity index (χ4v) is 8.13. The molecule has 266 valence electrons. The third kappa shape index (κ3) is 9.02. The zero-order valence-electron chi connectivity index (χ0n) is 31.3. The van der Waals surface area contributed by atoms with Crippen molar-refractivity contribution >= 4 is 11.8 Å². The monoisotopic (exact) mass is 650 g/mol.